The molecule has 2 aromatic heterocycles. The lowest BCUT2D eigenvalue weighted by molar-refractivity contribution is 0.256. The van der Waals surface area contributed by atoms with Gasteiger partial charge in [-0.05, 0) is 55.8 Å². The van der Waals surface area contributed by atoms with Gasteiger partial charge < -0.3 is 9.88 Å². The molecule has 2 N–H and O–H groups in total. The molecule has 0 atom stereocenters. The number of carbonyl (C=O) groups is 1. The number of hydrogen-bond acceptors (Lipinski definition) is 6. The average Bonchev–Trinajstić information content (AvgIpc) is 2.74. The van der Waals surface area contributed by atoms with Crippen molar-refractivity contribution in [1.29, 1.82) is 5.26 Å². The van der Waals surface area contributed by atoms with Crippen LogP contribution in [-0.4, -0.2) is 24.0 Å². The number of anilines is 1. The van der Waals surface area contributed by atoms with Gasteiger partial charge in [0.25, 0.3) is 15.6 Å². The smallest absolute Gasteiger partial charge is 0.312 e. The SMILES string of the molecule is CC(C)n1cc(S(=O)(=O)NC(=O)Nc2ccc(F)cc2-c2ccnc(C#N)c2)ccc1=O. The first-order chi connectivity index (χ1) is 15.1. The molecule has 0 saturated carbocycles. The Bertz CT molecular complexity index is 1390. The average molecular weight is 455 g/mol. The van der Waals surface area contributed by atoms with Gasteiger partial charge in [0, 0.05) is 30.1 Å². The van der Waals surface area contributed by atoms with Crippen molar-refractivity contribution >= 4 is 21.7 Å². The number of pyridine rings is 2. The summed E-state index contributed by atoms with van der Waals surface area (Å²) in [6.45, 7) is 3.43. The summed E-state index contributed by atoms with van der Waals surface area (Å²) in [5, 5.41) is 11.4. The maximum absolute atomic E-state index is 13.8. The molecule has 164 valence electrons. The highest BCUT2D eigenvalue weighted by Gasteiger charge is 2.20. The largest absolute Gasteiger partial charge is 0.333 e. The molecule has 0 fully saturated rings. The van der Waals surface area contributed by atoms with Gasteiger partial charge >= 0.3 is 6.03 Å². The van der Waals surface area contributed by atoms with Crippen molar-refractivity contribution in [3.05, 3.63) is 76.7 Å². The lowest BCUT2D eigenvalue weighted by Crippen LogP contribution is -2.35. The van der Waals surface area contributed by atoms with Crippen LogP contribution in [0.3, 0.4) is 0 Å². The summed E-state index contributed by atoms with van der Waals surface area (Å²) >= 11 is 0. The molecular weight excluding hydrogens is 437 g/mol. The lowest BCUT2D eigenvalue weighted by atomic mass is 10.0. The van der Waals surface area contributed by atoms with E-state index in [9.17, 15) is 22.4 Å². The molecule has 2 amide bonds. The third kappa shape index (κ3) is 4.98. The first-order valence-corrected chi connectivity index (χ1v) is 10.8. The molecule has 0 spiro atoms. The highest BCUT2D eigenvalue weighted by Crippen LogP contribution is 2.29. The van der Waals surface area contributed by atoms with Crippen LogP contribution in [0.25, 0.3) is 11.1 Å². The van der Waals surface area contributed by atoms with E-state index in [1.807, 2.05) is 10.8 Å². The van der Waals surface area contributed by atoms with Gasteiger partial charge in [0.15, 0.2) is 0 Å². The summed E-state index contributed by atoms with van der Waals surface area (Å²) < 4.78 is 42.2. The van der Waals surface area contributed by atoms with Gasteiger partial charge in [0.1, 0.15) is 22.5 Å². The van der Waals surface area contributed by atoms with E-state index in [1.54, 1.807) is 13.8 Å². The van der Waals surface area contributed by atoms with Gasteiger partial charge in [0.05, 0.1) is 5.69 Å². The highest BCUT2D eigenvalue weighted by molar-refractivity contribution is 7.90. The fourth-order valence-corrected chi connectivity index (χ4v) is 3.81. The van der Waals surface area contributed by atoms with Crippen molar-refractivity contribution in [2.75, 3.05) is 5.32 Å². The second kappa shape index (κ2) is 8.99. The molecule has 32 heavy (non-hydrogen) atoms. The Morgan fingerprint density at radius 2 is 1.94 bits per heavy atom. The zero-order chi connectivity index (χ0) is 23.5. The number of nitriles is 1. The topological polar surface area (TPSA) is 134 Å². The maximum Gasteiger partial charge on any atom is 0.333 e. The quantitative estimate of drug-likeness (QED) is 0.607. The Hall–Kier alpha value is -4.04. The van der Waals surface area contributed by atoms with Crippen molar-refractivity contribution in [2.45, 2.75) is 24.8 Å². The number of carbonyl (C=O) groups excluding carboxylic acids is 1. The van der Waals surface area contributed by atoms with Gasteiger partial charge in [-0.1, -0.05) is 0 Å². The Kier molecular flexibility index (Phi) is 6.36. The first kappa shape index (κ1) is 22.6. The number of sulfonamides is 1. The molecule has 3 aromatic rings. The summed E-state index contributed by atoms with van der Waals surface area (Å²) in [6, 6.07) is 9.12. The van der Waals surface area contributed by atoms with Crippen LogP contribution in [0, 0.1) is 17.1 Å². The Morgan fingerprint density at radius 1 is 1.19 bits per heavy atom. The molecule has 0 unspecified atom stereocenters. The second-order valence-corrected chi connectivity index (χ2v) is 8.68. The van der Waals surface area contributed by atoms with Crippen LogP contribution in [0.5, 0.6) is 0 Å². The summed E-state index contributed by atoms with van der Waals surface area (Å²) in [5.41, 5.74) is 0.447. The molecule has 9 nitrogen and oxygen atoms in total. The third-order valence-corrected chi connectivity index (χ3v) is 5.74. The fraction of sp³-hybridized carbons (Fsp3) is 0.143. The van der Waals surface area contributed by atoms with Crippen LogP contribution in [0.15, 0.2) is 64.5 Å². The molecule has 11 heteroatoms. The van der Waals surface area contributed by atoms with Crippen LogP contribution in [0.2, 0.25) is 0 Å². The molecule has 0 aliphatic rings. The number of nitrogens with one attached hydrogen (secondary N) is 2. The van der Waals surface area contributed by atoms with Crippen molar-refractivity contribution in [3.63, 3.8) is 0 Å². The number of nitrogens with zero attached hydrogens (tertiary/aromatic N) is 3. The van der Waals surface area contributed by atoms with Crippen molar-refractivity contribution in [3.8, 4) is 17.2 Å². The summed E-state index contributed by atoms with van der Waals surface area (Å²) in [5.74, 6) is -0.593. The number of hydrogen-bond donors (Lipinski definition) is 2. The number of benzene rings is 1. The molecule has 0 radical (unpaired) electrons. The van der Waals surface area contributed by atoms with Crippen LogP contribution < -0.4 is 15.6 Å². The predicted octanol–water partition coefficient (Wildman–Crippen LogP) is 3.01. The van der Waals surface area contributed by atoms with E-state index < -0.39 is 21.9 Å². The van der Waals surface area contributed by atoms with Crippen molar-refractivity contribution < 1.29 is 17.6 Å². The minimum absolute atomic E-state index is 0.0880. The fourth-order valence-electron chi connectivity index (χ4n) is 2.90. The normalized spacial score (nSPS) is 11.1. The van der Waals surface area contributed by atoms with E-state index in [0.717, 1.165) is 30.5 Å². The van der Waals surface area contributed by atoms with Gasteiger partial charge in [-0.25, -0.2) is 27.3 Å². The van der Waals surface area contributed by atoms with Gasteiger partial charge in [-0.2, -0.15) is 5.26 Å². The number of aromatic nitrogens is 2. The Morgan fingerprint density at radius 3 is 2.62 bits per heavy atom. The van der Waals surface area contributed by atoms with E-state index in [-0.39, 0.29) is 33.4 Å². The highest BCUT2D eigenvalue weighted by atomic mass is 32.2. The lowest BCUT2D eigenvalue weighted by Gasteiger charge is -2.14. The molecule has 0 aliphatic carbocycles. The predicted molar refractivity (Wildman–Crippen MR) is 115 cm³/mol. The molecule has 0 aliphatic heterocycles. The minimum Gasteiger partial charge on any atom is -0.312 e. The zero-order valence-corrected chi connectivity index (χ0v) is 17.9. The number of rotatable bonds is 5. The van der Waals surface area contributed by atoms with Crippen LogP contribution >= 0.6 is 0 Å². The van der Waals surface area contributed by atoms with Gasteiger partial charge in [0.2, 0.25) is 0 Å². The molecule has 2 heterocycles. The zero-order valence-electron chi connectivity index (χ0n) is 17.0. The van der Waals surface area contributed by atoms with E-state index in [2.05, 4.69) is 10.3 Å². The van der Waals surface area contributed by atoms with Crippen LogP contribution in [0.4, 0.5) is 14.9 Å². The molecule has 3 rings (SSSR count). The Labute approximate surface area is 183 Å². The van der Waals surface area contributed by atoms with E-state index in [1.165, 1.54) is 29.0 Å². The summed E-state index contributed by atoms with van der Waals surface area (Å²) in [7, 11) is -4.30. The van der Waals surface area contributed by atoms with E-state index in [4.69, 9.17) is 5.26 Å². The first-order valence-electron chi connectivity index (χ1n) is 9.33. The maximum atomic E-state index is 13.8. The number of amides is 2. The summed E-state index contributed by atoms with van der Waals surface area (Å²) in [6.07, 6.45) is 2.50. The van der Waals surface area contributed by atoms with E-state index >= 15 is 0 Å². The molecule has 0 saturated heterocycles. The number of urea groups is 1. The van der Waals surface area contributed by atoms with Gasteiger partial charge in [-0.15, -0.1) is 0 Å². The monoisotopic (exact) mass is 455 g/mol. The third-order valence-electron chi connectivity index (χ3n) is 4.42. The molecular formula is C21H18FN5O4S. The van der Waals surface area contributed by atoms with Crippen LogP contribution in [0.1, 0.15) is 25.6 Å². The standard InChI is InChI=1S/C21H18FN5O4S/c1-13(2)27-12-17(4-6-20(27)28)32(30,31)26-21(29)25-19-5-3-15(22)10-18(19)14-7-8-24-16(9-14)11-23/h3-10,12-13H,1-2H3,(H2,25,26,29). The van der Waals surface area contributed by atoms with Crippen LogP contribution in [-0.2, 0) is 10.0 Å². The minimum atomic E-state index is -4.30. The van der Waals surface area contributed by atoms with Crippen molar-refractivity contribution in [2.24, 2.45) is 0 Å². The summed E-state index contributed by atoms with van der Waals surface area (Å²) in [4.78, 5) is 27.9. The van der Waals surface area contributed by atoms with Crippen molar-refractivity contribution in [1.82, 2.24) is 14.3 Å². The Balaban J connectivity index is 1.89. The van der Waals surface area contributed by atoms with E-state index in [0.29, 0.717) is 5.56 Å². The molecule has 0 bridgehead atoms. The molecule has 1 aromatic carbocycles. The second-order valence-electron chi connectivity index (χ2n) is 7.00. The number of halogens is 1. The van der Waals surface area contributed by atoms with Gasteiger partial charge in [-0.3, -0.25) is 4.79 Å².